The highest BCUT2D eigenvalue weighted by Crippen LogP contribution is 2.40. The quantitative estimate of drug-likeness (QED) is 0.208. The van der Waals surface area contributed by atoms with Crippen LogP contribution >= 0.6 is 11.6 Å². The lowest BCUT2D eigenvalue weighted by Gasteiger charge is -2.38. The number of carbonyl (C=O) groups excluding carboxylic acids is 1. The highest BCUT2D eigenvalue weighted by atomic mass is 35.5. The molecule has 208 valence electrons. The highest BCUT2D eigenvalue weighted by molar-refractivity contribution is 6.30. The maximum atomic E-state index is 13.1. The van der Waals surface area contributed by atoms with E-state index in [2.05, 4.69) is 43.3 Å². The average molecular weight is 552 g/mol. The molecule has 2 aromatic carbocycles. The number of hydrogen-bond donors (Lipinski definition) is 1. The van der Waals surface area contributed by atoms with Gasteiger partial charge in [-0.1, -0.05) is 36.7 Å². The summed E-state index contributed by atoms with van der Waals surface area (Å²) in [4.78, 5) is 24.4. The molecule has 8 nitrogen and oxygen atoms in total. The van der Waals surface area contributed by atoms with Crippen molar-refractivity contribution in [2.24, 2.45) is 5.73 Å². The molecule has 9 heteroatoms. The Morgan fingerprint density at radius 2 is 1.87 bits per heavy atom. The summed E-state index contributed by atoms with van der Waals surface area (Å²) >= 11 is 6.01. The predicted molar refractivity (Wildman–Crippen MR) is 159 cm³/mol. The largest absolute Gasteiger partial charge is 0.478 e. The molecule has 2 N–H and O–H groups in total. The van der Waals surface area contributed by atoms with E-state index in [0.29, 0.717) is 60.6 Å². The first-order valence-electron chi connectivity index (χ1n) is 13.4. The van der Waals surface area contributed by atoms with Gasteiger partial charge in [-0.3, -0.25) is 10.5 Å². The lowest BCUT2D eigenvalue weighted by atomic mass is 10.0. The maximum Gasteiger partial charge on any atom is 0.253 e. The molecule has 1 amide bonds. The van der Waals surface area contributed by atoms with Crippen molar-refractivity contribution in [1.29, 1.82) is 0 Å². The minimum Gasteiger partial charge on any atom is -0.478 e. The van der Waals surface area contributed by atoms with Crippen LogP contribution in [0.25, 0.3) is 16.7 Å². The van der Waals surface area contributed by atoms with Crippen LogP contribution < -0.4 is 15.4 Å². The second-order valence-corrected chi connectivity index (χ2v) is 10.2. The SMILES string of the molecule is C=C(OCN)c1c(OCCCN(C)CC)nc2ccc(C)cc2c1N1CCN(C(=O)c2ccc(Cl)cc2)CC1. The van der Waals surface area contributed by atoms with Gasteiger partial charge in [-0.15, -0.1) is 0 Å². The number of piperazine rings is 1. The normalized spacial score (nSPS) is 13.7. The maximum absolute atomic E-state index is 13.1. The van der Waals surface area contributed by atoms with E-state index in [0.717, 1.165) is 41.7 Å². The van der Waals surface area contributed by atoms with E-state index in [-0.39, 0.29) is 12.6 Å². The third-order valence-electron chi connectivity index (χ3n) is 7.05. The van der Waals surface area contributed by atoms with Crippen molar-refractivity contribution in [3.05, 3.63) is 70.8 Å². The number of nitrogens with two attached hydrogens (primary N) is 1. The monoisotopic (exact) mass is 551 g/mol. The molecular formula is C30H38ClN5O3. The van der Waals surface area contributed by atoms with Crippen LogP contribution in [0.2, 0.25) is 5.02 Å². The first kappa shape index (κ1) is 28.7. The van der Waals surface area contributed by atoms with Crippen molar-refractivity contribution in [2.75, 3.05) is 64.6 Å². The molecule has 1 aliphatic rings. The number of fused-ring (bicyclic) bond motifs is 1. The Balaban J connectivity index is 1.66. The second-order valence-electron chi connectivity index (χ2n) is 9.78. The van der Waals surface area contributed by atoms with Gasteiger partial charge in [0.15, 0.2) is 0 Å². The summed E-state index contributed by atoms with van der Waals surface area (Å²) < 4.78 is 12.0. The van der Waals surface area contributed by atoms with Crippen LogP contribution in [0.5, 0.6) is 5.88 Å². The van der Waals surface area contributed by atoms with Gasteiger partial charge in [-0.25, -0.2) is 4.98 Å². The number of pyridine rings is 1. The summed E-state index contributed by atoms with van der Waals surface area (Å²) in [7, 11) is 2.09. The van der Waals surface area contributed by atoms with Crippen LogP contribution in [-0.2, 0) is 4.74 Å². The fourth-order valence-electron chi connectivity index (χ4n) is 4.76. The van der Waals surface area contributed by atoms with E-state index >= 15 is 0 Å². The first-order chi connectivity index (χ1) is 18.8. The number of nitrogens with zero attached hydrogens (tertiary/aromatic N) is 4. The van der Waals surface area contributed by atoms with E-state index in [1.165, 1.54) is 0 Å². The number of carbonyl (C=O) groups is 1. The molecule has 2 heterocycles. The van der Waals surface area contributed by atoms with Crippen molar-refractivity contribution < 1.29 is 14.3 Å². The van der Waals surface area contributed by atoms with Crippen LogP contribution in [-0.4, -0.2) is 80.3 Å². The number of rotatable bonds is 11. The molecule has 1 aromatic heterocycles. The third-order valence-corrected chi connectivity index (χ3v) is 7.31. The second kappa shape index (κ2) is 13.2. The number of ether oxygens (including phenoxy) is 2. The summed E-state index contributed by atoms with van der Waals surface area (Å²) in [6.45, 7) is 13.2. The highest BCUT2D eigenvalue weighted by Gasteiger charge is 2.28. The molecule has 0 spiro atoms. The fraction of sp³-hybridized carbons (Fsp3) is 0.400. The van der Waals surface area contributed by atoms with Crippen molar-refractivity contribution in [3.8, 4) is 5.88 Å². The molecular weight excluding hydrogens is 514 g/mol. The van der Waals surface area contributed by atoms with Crippen molar-refractivity contribution in [2.45, 2.75) is 20.3 Å². The molecule has 0 saturated carbocycles. The minimum atomic E-state index is -0.00572. The Bertz CT molecular complexity index is 1310. The molecule has 39 heavy (non-hydrogen) atoms. The molecule has 3 aromatic rings. The summed E-state index contributed by atoms with van der Waals surface area (Å²) in [5.74, 6) is 0.904. The standard InChI is InChI=1S/C30H38ClN5O3/c1-5-34(4)13-6-18-38-29-27(22(3)39-20-32)28(25-19-21(2)7-12-26(25)33-29)35-14-16-36(17-15-35)30(37)23-8-10-24(31)11-9-23/h7-12,19H,3,5-6,13-18,20,32H2,1-2,4H3. The van der Waals surface area contributed by atoms with Gasteiger partial charge in [-0.05, 0) is 63.3 Å². The Hall–Kier alpha value is -3.33. The summed E-state index contributed by atoms with van der Waals surface area (Å²) in [5, 5.41) is 1.60. The molecule has 4 rings (SSSR count). The Morgan fingerprint density at radius 3 is 2.54 bits per heavy atom. The summed E-state index contributed by atoms with van der Waals surface area (Å²) in [6.07, 6.45) is 0.864. The molecule has 1 fully saturated rings. The Kier molecular flexibility index (Phi) is 9.67. The smallest absolute Gasteiger partial charge is 0.253 e. The number of aryl methyl sites for hydroxylation is 1. The van der Waals surface area contributed by atoms with E-state index in [9.17, 15) is 4.79 Å². The van der Waals surface area contributed by atoms with Gasteiger partial charge < -0.3 is 24.2 Å². The van der Waals surface area contributed by atoms with Crippen LogP contribution in [0, 0.1) is 6.92 Å². The van der Waals surface area contributed by atoms with Crippen LogP contribution in [0.4, 0.5) is 5.69 Å². The lowest BCUT2D eigenvalue weighted by molar-refractivity contribution is 0.0746. The van der Waals surface area contributed by atoms with Crippen LogP contribution in [0.3, 0.4) is 0 Å². The van der Waals surface area contributed by atoms with Gasteiger partial charge in [-0.2, -0.15) is 0 Å². The number of hydrogen-bond acceptors (Lipinski definition) is 7. The van der Waals surface area contributed by atoms with E-state index in [4.69, 9.17) is 31.8 Å². The van der Waals surface area contributed by atoms with Crippen molar-refractivity contribution in [3.63, 3.8) is 0 Å². The Morgan fingerprint density at radius 1 is 1.15 bits per heavy atom. The van der Waals surface area contributed by atoms with E-state index in [1.54, 1.807) is 24.3 Å². The molecule has 1 aliphatic heterocycles. The van der Waals surface area contributed by atoms with Gasteiger partial charge in [0.1, 0.15) is 18.1 Å². The zero-order valence-corrected chi connectivity index (χ0v) is 23.8. The molecule has 0 unspecified atom stereocenters. The third kappa shape index (κ3) is 6.82. The van der Waals surface area contributed by atoms with Crippen molar-refractivity contribution in [1.82, 2.24) is 14.8 Å². The number of amides is 1. The number of anilines is 1. The number of aromatic nitrogens is 1. The molecule has 0 bridgehead atoms. The summed E-state index contributed by atoms with van der Waals surface area (Å²) in [5.41, 5.74) is 9.99. The Labute approximate surface area is 235 Å². The zero-order valence-electron chi connectivity index (χ0n) is 23.1. The lowest BCUT2D eigenvalue weighted by Crippen LogP contribution is -2.49. The summed E-state index contributed by atoms with van der Waals surface area (Å²) in [6, 6.07) is 13.2. The average Bonchev–Trinajstić information content (AvgIpc) is 2.94. The van der Waals surface area contributed by atoms with Gasteiger partial charge in [0, 0.05) is 48.7 Å². The van der Waals surface area contributed by atoms with Crippen molar-refractivity contribution >= 4 is 39.9 Å². The van der Waals surface area contributed by atoms with Crippen LogP contribution in [0.1, 0.15) is 34.8 Å². The predicted octanol–water partition coefficient (Wildman–Crippen LogP) is 4.78. The van der Waals surface area contributed by atoms with E-state index in [1.807, 2.05) is 17.0 Å². The molecule has 0 atom stereocenters. The number of benzene rings is 2. The zero-order chi connectivity index (χ0) is 27.9. The van der Waals surface area contributed by atoms with Gasteiger partial charge >= 0.3 is 0 Å². The topological polar surface area (TPSA) is 84.2 Å². The minimum absolute atomic E-state index is 0.00100. The fourth-order valence-corrected chi connectivity index (χ4v) is 4.89. The molecule has 1 saturated heterocycles. The molecule has 0 radical (unpaired) electrons. The number of halogens is 1. The first-order valence-corrected chi connectivity index (χ1v) is 13.8. The van der Waals surface area contributed by atoms with Gasteiger partial charge in [0.25, 0.3) is 5.91 Å². The molecule has 0 aliphatic carbocycles. The van der Waals surface area contributed by atoms with Gasteiger partial charge in [0.05, 0.1) is 17.8 Å². The van der Waals surface area contributed by atoms with Gasteiger partial charge in [0.2, 0.25) is 5.88 Å². The van der Waals surface area contributed by atoms with Crippen LogP contribution in [0.15, 0.2) is 49.0 Å². The van der Waals surface area contributed by atoms with E-state index < -0.39 is 0 Å².